The third-order valence-electron chi connectivity index (χ3n) is 3.04. The molecule has 0 bridgehead atoms. The highest BCUT2D eigenvalue weighted by atomic mass is 16.6. The van der Waals surface area contributed by atoms with Gasteiger partial charge in [-0.05, 0) is 24.1 Å². The van der Waals surface area contributed by atoms with Crippen molar-refractivity contribution in [2.45, 2.75) is 6.42 Å². The number of methoxy groups -OCH3 is 2. The predicted octanol–water partition coefficient (Wildman–Crippen LogP) is 2.21. The maximum Gasteiger partial charge on any atom is 0.414 e. The first-order valence-electron chi connectivity index (χ1n) is 5.98. The van der Waals surface area contributed by atoms with E-state index in [4.69, 9.17) is 14.2 Å². The summed E-state index contributed by atoms with van der Waals surface area (Å²) in [5.41, 5.74) is 1.76. The van der Waals surface area contributed by atoms with E-state index in [0.717, 1.165) is 5.56 Å². The Morgan fingerprint density at radius 3 is 2.63 bits per heavy atom. The van der Waals surface area contributed by atoms with Crippen LogP contribution in [-0.4, -0.2) is 38.4 Å². The summed E-state index contributed by atoms with van der Waals surface area (Å²) in [5, 5.41) is 0. The van der Waals surface area contributed by atoms with Crippen LogP contribution >= 0.6 is 0 Å². The summed E-state index contributed by atoms with van der Waals surface area (Å²) in [6.07, 6.45) is 0.375. The Kier molecular flexibility index (Phi) is 3.94. The summed E-state index contributed by atoms with van der Waals surface area (Å²) in [7, 11) is 3.20. The van der Waals surface area contributed by atoms with Gasteiger partial charge in [-0.3, -0.25) is 4.90 Å². The molecule has 0 saturated carbocycles. The molecule has 0 aromatic heterocycles. The lowest BCUT2D eigenvalue weighted by Crippen LogP contribution is -2.24. The second kappa shape index (κ2) is 5.65. The van der Waals surface area contributed by atoms with Gasteiger partial charge in [-0.25, -0.2) is 4.79 Å². The Morgan fingerprint density at radius 1 is 1.32 bits per heavy atom. The number of ether oxygens (including phenoxy) is 3. The molecular weight excluding hydrogens is 246 g/mol. The fraction of sp³-hybridized carbons (Fsp3) is 0.357. The van der Waals surface area contributed by atoms with Crippen LogP contribution in [0.3, 0.4) is 0 Å². The monoisotopic (exact) mass is 263 g/mol. The van der Waals surface area contributed by atoms with Crippen molar-refractivity contribution in [1.82, 2.24) is 4.90 Å². The van der Waals surface area contributed by atoms with Crippen LogP contribution < -0.4 is 9.47 Å². The van der Waals surface area contributed by atoms with E-state index in [1.807, 2.05) is 18.2 Å². The molecule has 0 spiro atoms. The van der Waals surface area contributed by atoms with Gasteiger partial charge in [0.05, 0.1) is 19.9 Å². The largest absolute Gasteiger partial charge is 0.493 e. The number of rotatable bonds is 5. The normalized spacial score (nSPS) is 14.5. The third-order valence-corrected chi connectivity index (χ3v) is 3.04. The van der Waals surface area contributed by atoms with E-state index < -0.39 is 0 Å². The molecular formula is C14H17NO4. The Morgan fingerprint density at radius 2 is 2.05 bits per heavy atom. The summed E-state index contributed by atoms with van der Waals surface area (Å²) < 4.78 is 15.3. The smallest absolute Gasteiger partial charge is 0.414 e. The van der Waals surface area contributed by atoms with Crippen LogP contribution in [0, 0.1) is 0 Å². The van der Waals surface area contributed by atoms with Crippen LogP contribution in [0.4, 0.5) is 4.79 Å². The molecule has 0 aliphatic carbocycles. The van der Waals surface area contributed by atoms with Crippen molar-refractivity contribution in [3.63, 3.8) is 0 Å². The number of amides is 1. The minimum Gasteiger partial charge on any atom is -0.493 e. The van der Waals surface area contributed by atoms with Crippen LogP contribution in [-0.2, 0) is 11.2 Å². The highest BCUT2D eigenvalue weighted by Gasteiger charge is 2.25. The minimum atomic E-state index is -0.328. The van der Waals surface area contributed by atoms with Gasteiger partial charge in [-0.1, -0.05) is 12.6 Å². The summed E-state index contributed by atoms with van der Waals surface area (Å²) in [4.78, 5) is 13.0. The van der Waals surface area contributed by atoms with E-state index in [1.165, 1.54) is 0 Å². The fourth-order valence-corrected chi connectivity index (χ4v) is 1.96. The van der Waals surface area contributed by atoms with Crippen LogP contribution in [0.5, 0.6) is 11.5 Å². The van der Waals surface area contributed by atoms with Gasteiger partial charge in [0.1, 0.15) is 6.61 Å². The molecule has 1 heterocycles. The van der Waals surface area contributed by atoms with Crippen molar-refractivity contribution >= 4 is 6.09 Å². The topological polar surface area (TPSA) is 48.0 Å². The van der Waals surface area contributed by atoms with E-state index in [-0.39, 0.29) is 12.7 Å². The first-order chi connectivity index (χ1) is 9.15. The first-order valence-corrected chi connectivity index (χ1v) is 5.98. The van der Waals surface area contributed by atoms with Gasteiger partial charge in [0.15, 0.2) is 11.5 Å². The fourth-order valence-electron chi connectivity index (χ4n) is 1.96. The zero-order chi connectivity index (χ0) is 13.8. The average molecular weight is 263 g/mol. The van der Waals surface area contributed by atoms with E-state index in [1.54, 1.807) is 19.1 Å². The number of nitrogens with zero attached hydrogens (tertiary/aromatic N) is 1. The number of hydrogen-bond donors (Lipinski definition) is 0. The van der Waals surface area contributed by atoms with E-state index >= 15 is 0 Å². The van der Waals surface area contributed by atoms with Crippen molar-refractivity contribution in [3.8, 4) is 11.5 Å². The average Bonchev–Trinajstić information content (AvgIpc) is 2.75. The van der Waals surface area contributed by atoms with Crippen LogP contribution in [0.2, 0.25) is 0 Å². The van der Waals surface area contributed by atoms with Gasteiger partial charge < -0.3 is 14.2 Å². The number of cyclic esters (lactones) is 1. The highest BCUT2D eigenvalue weighted by molar-refractivity contribution is 5.72. The van der Waals surface area contributed by atoms with Crippen molar-refractivity contribution in [2.24, 2.45) is 0 Å². The lowest BCUT2D eigenvalue weighted by Gasteiger charge is -2.14. The molecule has 19 heavy (non-hydrogen) atoms. The first kappa shape index (κ1) is 13.3. The molecule has 0 radical (unpaired) electrons. The maximum absolute atomic E-state index is 11.4. The Hall–Kier alpha value is -2.17. The quantitative estimate of drug-likeness (QED) is 0.817. The molecule has 1 aliphatic rings. The molecule has 1 fully saturated rings. The van der Waals surface area contributed by atoms with Gasteiger partial charge in [0.25, 0.3) is 0 Å². The zero-order valence-electron chi connectivity index (χ0n) is 11.1. The molecule has 0 unspecified atom stereocenters. The van der Waals surface area contributed by atoms with E-state index in [9.17, 15) is 4.79 Å². The van der Waals surface area contributed by atoms with Crippen molar-refractivity contribution in [3.05, 3.63) is 36.0 Å². The minimum absolute atomic E-state index is 0.283. The summed E-state index contributed by atoms with van der Waals surface area (Å²) >= 11 is 0. The molecule has 1 amide bonds. The van der Waals surface area contributed by atoms with Crippen LogP contribution in [0.15, 0.2) is 30.5 Å². The van der Waals surface area contributed by atoms with Gasteiger partial charge in [-0.2, -0.15) is 0 Å². The molecule has 5 nitrogen and oxygen atoms in total. The van der Waals surface area contributed by atoms with Gasteiger partial charge >= 0.3 is 6.09 Å². The second-order valence-electron chi connectivity index (χ2n) is 4.21. The second-order valence-corrected chi connectivity index (χ2v) is 4.21. The predicted molar refractivity (Wildman–Crippen MR) is 70.4 cm³/mol. The Labute approximate surface area is 112 Å². The molecule has 5 heteroatoms. The number of benzene rings is 1. The molecule has 1 aromatic rings. The summed E-state index contributed by atoms with van der Waals surface area (Å²) in [5.74, 6) is 1.37. The van der Waals surface area contributed by atoms with Crippen molar-refractivity contribution in [2.75, 3.05) is 27.4 Å². The maximum atomic E-state index is 11.4. The van der Waals surface area contributed by atoms with Gasteiger partial charge in [0, 0.05) is 6.54 Å². The summed E-state index contributed by atoms with van der Waals surface area (Å²) in [6.45, 7) is 4.63. The van der Waals surface area contributed by atoms with E-state index in [0.29, 0.717) is 30.2 Å². The summed E-state index contributed by atoms with van der Waals surface area (Å²) in [6, 6.07) is 5.71. The SMILES string of the molecule is C=C1COC(=O)N1CCc1ccc(OC)c(OC)c1. The number of carbonyl (C=O) groups is 1. The van der Waals surface area contributed by atoms with E-state index in [2.05, 4.69) is 6.58 Å². The molecule has 1 aliphatic heterocycles. The lowest BCUT2D eigenvalue weighted by atomic mass is 10.1. The number of hydrogen-bond acceptors (Lipinski definition) is 4. The lowest BCUT2D eigenvalue weighted by molar-refractivity contribution is 0.159. The molecule has 2 rings (SSSR count). The van der Waals surface area contributed by atoms with Crippen LogP contribution in [0.25, 0.3) is 0 Å². The highest BCUT2D eigenvalue weighted by Crippen LogP contribution is 2.28. The zero-order valence-corrected chi connectivity index (χ0v) is 11.1. The third kappa shape index (κ3) is 2.81. The molecule has 1 saturated heterocycles. The number of carbonyl (C=O) groups excluding carboxylic acids is 1. The van der Waals surface area contributed by atoms with Gasteiger partial charge in [-0.15, -0.1) is 0 Å². The standard InChI is InChI=1S/C14H17NO4/c1-10-9-19-14(16)15(10)7-6-11-4-5-12(17-2)13(8-11)18-3/h4-5,8H,1,6-7,9H2,2-3H3. The van der Waals surface area contributed by atoms with Gasteiger partial charge in [0.2, 0.25) is 0 Å². The molecule has 0 N–H and O–H groups in total. The molecule has 1 aromatic carbocycles. The van der Waals surface area contributed by atoms with Crippen molar-refractivity contribution < 1.29 is 19.0 Å². The molecule has 102 valence electrons. The van der Waals surface area contributed by atoms with Crippen molar-refractivity contribution in [1.29, 1.82) is 0 Å². The molecule has 0 atom stereocenters. The Bertz CT molecular complexity index is 482. The van der Waals surface area contributed by atoms with Crippen LogP contribution in [0.1, 0.15) is 5.56 Å². The Balaban J connectivity index is 2.03.